The number of hydrogen-bond acceptors (Lipinski definition) is 0. The Morgan fingerprint density at radius 2 is 1.44 bits per heavy atom. The number of rotatable bonds is 5. The van der Waals surface area contributed by atoms with Crippen LogP contribution in [0, 0.1) is 0 Å². The molecule has 0 bridgehead atoms. The Bertz CT molecular complexity index is 499. The molecule has 0 spiro atoms. The second-order valence-corrected chi connectivity index (χ2v) is 5.59. The van der Waals surface area contributed by atoms with E-state index in [0.717, 1.165) is 0 Å². The van der Waals surface area contributed by atoms with Gasteiger partial charge in [-0.25, -0.2) is 0 Å². The van der Waals surface area contributed by atoms with Crippen molar-refractivity contribution in [1.29, 1.82) is 0 Å². The van der Waals surface area contributed by atoms with Gasteiger partial charge in [0.15, 0.2) is 0 Å². The van der Waals surface area contributed by atoms with E-state index >= 15 is 0 Å². The molecular formula is C18H24. The van der Waals surface area contributed by atoms with Gasteiger partial charge in [-0.15, -0.1) is 0 Å². The van der Waals surface area contributed by atoms with E-state index in [1.54, 1.807) is 0 Å². The Kier molecular flexibility index (Phi) is 4.06. The molecule has 2 aromatic rings. The number of fused-ring (bicyclic) bond motifs is 1. The van der Waals surface area contributed by atoms with Crippen LogP contribution in [0.3, 0.4) is 0 Å². The summed E-state index contributed by atoms with van der Waals surface area (Å²) in [6.07, 6.45) is 5.04. The van der Waals surface area contributed by atoms with Gasteiger partial charge in [0, 0.05) is 0 Å². The molecule has 0 aliphatic rings. The molecule has 0 unspecified atom stereocenters. The molecule has 0 heterocycles. The van der Waals surface area contributed by atoms with Crippen LogP contribution in [0.1, 0.15) is 52.0 Å². The van der Waals surface area contributed by atoms with Crippen LogP contribution < -0.4 is 0 Å². The molecule has 18 heavy (non-hydrogen) atoms. The van der Waals surface area contributed by atoms with Gasteiger partial charge in [0.1, 0.15) is 0 Å². The Morgan fingerprint density at radius 3 is 2.11 bits per heavy atom. The highest BCUT2D eigenvalue weighted by molar-refractivity contribution is 5.86. The van der Waals surface area contributed by atoms with E-state index in [4.69, 9.17) is 0 Å². The minimum absolute atomic E-state index is 0.324. The third-order valence-corrected chi connectivity index (χ3v) is 4.04. The first-order valence-corrected chi connectivity index (χ1v) is 7.19. The van der Waals surface area contributed by atoms with Gasteiger partial charge in [-0.1, -0.05) is 76.1 Å². The van der Waals surface area contributed by atoms with Gasteiger partial charge in [0.05, 0.1) is 0 Å². The standard InChI is InChI=1S/C18H24/c1-4-13-18(3,14-5-2)17-12-8-10-15-9-6-7-11-16(15)17/h6-12H,4-5,13-14H2,1-3H3. The molecule has 0 nitrogen and oxygen atoms in total. The summed E-state index contributed by atoms with van der Waals surface area (Å²) >= 11 is 0. The molecule has 0 N–H and O–H groups in total. The third-order valence-electron chi connectivity index (χ3n) is 4.04. The van der Waals surface area contributed by atoms with Crippen molar-refractivity contribution in [3.63, 3.8) is 0 Å². The molecule has 0 saturated heterocycles. The zero-order valence-corrected chi connectivity index (χ0v) is 11.9. The van der Waals surface area contributed by atoms with Crippen LogP contribution in [-0.4, -0.2) is 0 Å². The van der Waals surface area contributed by atoms with Gasteiger partial charge in [0.2, 0.25) is 0 Å². The van der Waals surface area contributed by atoms with Crippen molar-refractivity contribution in [2.24, 2.45) is 0 Å². The largest absolute Gasteiger partial charge is 0.0654 e. The second-order valence-electron chi connectivity index (χ2n) is 5.59. The van der Waals surface area contributed by atoms with E-state index in [1.807, 2.05) is 0 Å². The molecule has 0 saturated carbocycles. The van der Waals surface area contributed by atoms with E-state index in [9.17, 15) is 0 Å². The van der Waals surface area contributed by atoms with Crippen molar-refractivity contribution in [3.8, 4) is 0 Å². The smallest absolute Gasteiger partial charge is 0.00693 e. The predicted molar refractivity (Wildman–Crippen MR) is 81.1 cm³/mol. The molecule has 0 aliphatic heterocycles. The van der Waals surface area contributed by atoms with Crippen LogP contribution in [0.25, 0.3) is 10.8 Å². The Labute approximate surface area is 111 Å². The molecule has 0 aliphatic carbocycles. The molecular weight excluding hydrogens is 216 g/mol. The minimum atomic E-state index is 0.324. The van der Waals surface area contributed by atoms with Crippen molar-refractivity contribution in [2.45, 2.75) is 51.9 Å². The van der Waals surface area contributed by atoms with Crippen LogP contribution in [0.15, 0.2) is 42.5 Å². The van der Waals surface area contributed by atoms with E-state index in [1.165, 1.54) is 42.0 Å². The monoisotopic (exact) mass is 240 g/mol. The van der Waals surface area contributed by atoms with Crippen LogP contribution >= 0.6 is 0 Å². The van der Waals surface area contributed by atoms with Crippen LogP contribution in [0.4, 0.5) is 0 Å². The molecule has 0 amide bonds. The summed E-state index contributed by atoms with van der Waals surface area (Å²) < 4.78 is 0. The predicted octanol–water partition coefficient (Wildman–Crippen LogP) is 5.70. The van der Waals surface area contributed by atoms with E-state index in [2.05, 4.69) is 63.2 Å². The Morgan fingerprint density at radius 1 is 0.833 bits per heavy atom. The lowest BCUT2D eigenvalue weighted by Gasteiger charge is -2.31. The molecule has 2 rings (SSSR count). The Hall–Kier alpha value is -1.30. The SMILES string of the molecule is CCCC(C)(CCC)c1cccc2ccccc12. The van der Waals surface area contributed by atoms with Crippen LogP contribution in [-0.2, 0) is 5.41 Å². The zero-order chi connectivity index (χ0) is 13.0. The first kappa shape index (κ1) is 13.1. The summed E-state index contributed by atoms with van der Waals surface area (Å²) in [6.45, 7) is 7.01. The van der Waals surface area contributed by atoms with Gasteiger partial charge in [-0.05, 0) is 34.6 Å². The third kappa shape index (κ3) is 2.43. The zero-order valence-electron chi connectivity index (χ0n) is 11.9. The summed E-state index contributed by atoms with van der Waals surface area (Å²) in [5, 5.41) is 2.80. The maximum absolute atomic E-state index is 2.43. The highest BCUT2D eigenvalue weighted by atomic mass is 14.3. The fraction of sp³-hybridized carbons (Fsp3) is 0.444. The first-order valence-electron chi connectivity index (χ1n) is 7.19. The maximum atomic E-state index is 2.43. The number of benzene rings is 2. The summed E-state index contributed by atoms with van der Waals surface area (Å²) in [6, 6.07) is 15.5. The molecule has 0 heteroatoms. The van der Waals surface area contributed by atoms with Gasteiger partial charge >= 0.3 is 0 Å². The minimum Gasteiger partial charge on any atom is -0.0654 e. The lowest BCUT2D eigenvalue weighted by molar-refractivity contribution is 0.395. The molecule has 0 aromatic heterocycles. The summed E-state index contributed by atoms with van der Waals surface area (Å²) in [4.78, 5) is 0. The van der Waals surface area contributed by atoms with Crippen molar-refractivity contribution in [2.75, 3.05) is 0 Å². The van der Waals surface area contributed by atoms with Gasteiger partial charge in [-0.2, -0.15) is 0 Å². The normalized spacial score (nSPS) is 11.9. The Balaban J connectivity index is 2.56. The lowest BCUT2D eigenvalue weighted by atomic mass is 9.73. The van der Waals surface area contributed by atoms with Crippen molar-refractivity contribution >= 4 is 10.8 Å². The summed E-state index contributed by atoms with van der Waals surface area (Å²) in [5.41, 5.74) is 1.86. The average molecular weight is 240 g/mol. The van der Waals surface area contributed by atoms with Crippen molar-refractivity contribution in [3.05, 3.63) is 48.0 Å². The van der Waals surface area contributed by atoms with Gasteiger partial charge in [-0.3, -0.25) is 0 Å². The first-order chi connectivity index (χ1) is 8.71. The molecule has 0 radical (unpaired) electrons. The topological polar surface area (TPSA) is 0 Å². The quantitative estimate of drug-likeness (QED) is 0.629. The van der Waals surface area contributed by atoms with Crippen LogP contribution in [0.5, 0.6) is 0 Å². The molecule has 2 aromatic carbocycles. The highest BCUT2D eigenvalue weighted by Gasteiger charge is 2.26. The maximum Gasteiger partial charge on any atom is -0.00693 e. The average Bonchev–Trinajstić information content (AvgIpc) is 2.38. The van der Waals surface area contributed by atoms with Gasteiger partial charge < -0.3 is 0 Å². The fourth-order valence-electron chi connectivity index (χ4n) is 3.25. The van der Waals surface area contributed by atoms with Crippen LogP contribution in [0.2, 0.25) is 0 Å². The summed E-state index contributed by atoms with van der Waals surface area (Å²) in [7, 11) is 0. The second kappa shape index (κ2) is 5.56. The lowest BCUT2D eigenvalue weighted by Crippen LogP contribution is -2.21. The number of hydrogen-bond donors (Lipinski definition) is 0. The van der Waals surface area contributed by atoms with E-state index in [0.29, 0.717) is 5.41 Å². The van der Waals surface area contributed by atoms with E-state index < -0.39 is 0 Å². The van der Waals surface area contributed by atoms with E-state index in [-0.39, 0.29) is 0 Å². The van der Waals surface area contributed by atoms with Crippen molar-refractivity contribution in [1.82, 2.24) is 0 Å². The fourth-order valence-corrected chi connectivity index (χ4v) is 3.25. The highest BCUT2D eigenvalue weighted by Crippen LogP contribution is 2.37. The molecule has 0 atom stereocenters. The summed E-state index contributed by atoms with van der Waals surface area (Å²) in [5.74, 6) is 0. The molecule has 0 fully saturated rings. The van der Waals surface area contributed by atoms with Gasteiger partial charge in [0.25, 0.3) is 0 Å². The molecule has 96 valence electrons. The van der Waals surface area contributed by atoms with Crippen molar-refractivity contribution < 1.29 is 0 Å².